The second-order valence-corrected chi connectivity index (χ2v) is 9.30. The van der Waals surface area contributed by atoms with E-state index in [-0.39, 0.29) is 17.7 Å². The van der Waals surface area contributed by atoms with Crippen LogP contribution in [0.3, 0.4) is 0 Å². The smallest absolute Gasteiger partial charge is 0.410 e. The molecule has 0 unspecified atom stereocenters. The average Bonchev–Trinajstić information content (AvgIpc) is 2.65. The SMILES string of the molecule is C[C@@H]1CC(C)(C)C[C@@]2(C1)C[C@@H](N(C)C(=O)OC(C)(C)C)CO2. The number of carbonyl (C=O) groups is 1. The summed E-state index contributed by atoms with van der Waals surface area (Å²) in [6, 6.07) is 0.121. The number of carbonyl (C=O) groups excluding carboxylic acids is 1. The molecular weight excluding hydrogens is 278 g/mol. The third kappa shape index (κ3) is 4.15. The van der Waals surface area contributed by atoms with Crippen LogP contribution in [-0.2, 0) is 9.47 Å². The minimum Gasteiger partial charge on any atom is -0.444 e. The van der Waals surface area contributed by atoms with Crippen molar-refractivity contribution in [2.75, 3.05) is 13.7 Å². The van der Waals surface area contributed by atoms with E-state index in [9.17, 15) is 4.79 Å². The van der Waals surface area contributed by atoms with Crippen molar-refractivity contribution in [1.82, 2.24) is 4.90 Å². The van der Waals surface area contributed by atoms with E-state index in [1.165, 1.54) is 6.42 Å². The van der Waals surface area contributed by atoms with E-state index in [4.69, 9.17) is 9.47 Å². The molecule has 3 atom stereocenters. The van der Waals surface area contributed by atoms with Crippen molar-refractivity contribution < 1.29 is 14.3 Å². The van der Waals surface area contributed by atoms with Crippen molar-refractivity contribution in [3.8, 4) is 0 Å². The van der Waals surface area contributed by atoms with Gasteiger partial charge < -0.3 is 14.4 Å². The van der Waals surface area contributed by atoms with Crippen LogP contribution < -0.4 is 0 Å². The van der Waals surface area contributed by atoms with Gasteiger partial charge in [0.25, 0.3) is 0 Å². The van der Waals surface area contributed by atoms with Crippen molar-refractivity contribution in [2.45, 2.75) is 84.5 Å². The number of nitrogens with zero attached hydrogens (tertiary/aromatic N) is 1. The molecule has 1 aliphatic heterocycles. The second kappa shape index (κ2) is 5.70. The van der Waals surface area contributed by atoms with Gasteiger partial charge in [0.05, 0.1) is 18.2 Å². The molecule has 0 radical (unpaired) electrons. The van der Waals surface area contributed by atoms with E-state index in [1.54, 1.807) is 4.90 Å². The zero-order valence-corrected chi connectivity index (χ0v) is 15.4. The first-order valence-electron chi connectivity index (χ1n) is 8.51. The van der Waals surface area contributed by atoms with Gasteiger partial charge in [-0.05, 0) is 57.8 Å². The number of amides is 1. The highest BCUT2D eigenvalue weighted by molar-refractivity contribution is 5.68. The van der Waals surface area contributed by atoms with Crippen LogP contribution in [0.2, 0.25) is 0 Å². The van der Waals surface area contributed by atoms with Gasteiger partial charge in [-0.15, -0.1) is 0 Å². The molecule has 0 bridgehead atoms. The normalized spacial score (nSPS) is 34.7. The van der Waals surface area contributed by atoms with E-state index in [2.05, 4.69) is 20.8 Å². The molecule has 0 N–H and O–H groups in total. The summed E-state index contributed by atoms with van der Waals surface area (Å²) in [6.07, 6.45) is 4.13. The van der Waals surface area contributed by atoms with Crippen LogP contribution in [0.25, 0.3) is 0 Å². The monoisotopic (exact) mass is 311 g/mol. The summed E-state index contributed by atoms with van der Waals surface area (Å²) in [5.41, 5.74) is -0.191. The summed E-state index contributed by atoms with van der Waals surface area (Å²) >= 11 is 0. The Balaban J connectivity index is 2.01. The largest absolute Gasteiger partial charge is 0.444 e. The number of likely N-dealkylation sites (N-methyl/N-ethyl adjacent to an activating group) is 1. The molecule has 128 valence electrons. The molecule has 0 aromatic heterocycles. The molecule has 1 aliphatic carbocycles. The maximum Gasteiger partial charge on any atom is 0.410 e. The second-order valence-electron chi connectivity index (χ2n) is 9.30. The lowest BCUT2D eigenvalue weighted by Gasteiger charge is -2.45. The van der Waals surface area contributed by atoms with Crippen LogP contribution in [0, 0.1) is 11.3 Å². The molecule has 4 heteroatoms. The van der Waals surface area contributed by atoms with Crippen molar-refractivity contribution in [2.24, 2.45) is 11.3 Å². The van der Waals surface area contributed by atoms with Crippen molar-refractivity contribution >= 4 is 6.09 Å². The first-order valence-corrected chi connectivity index (χ1v) is 8.51. The highest BCUT2D eigenvalue weighted by Crippen LogP contribution is 2.50. The molecule has 1 heterocycles. The van der Waals surface area contributed by atoms with Crippen LogP contribution in [-0.4, -0.2) is 41.9 Å². The van der Waals surface area contributed by atoms with Gasteiger partial charge in [0, 0.05) is 7.05 Å². The van der Waals surface area contributed by atoms with E-state index in [0.29, 0.717) is 17.9 Å². The topological polar surface area (TPSA) is 38.8 Å². The lowest BCUT2D eigenvalue weighted by molar-refractivity contribution is -0.0753. The fourth-order valence-corrected chi connectivity index (χ4v) is 4.48. The molecule has 4 nitrogen and oxygen atoms in total. The fourth-order valence-electron chi connectivity index (χ4n) is 4.48. The quantitative estimate of drug-likeness (QED) is 0.727. The Kier molecular flexibility index (Phi) is 4.55. The third-order valence-electron chi connectivity index (χ3n) is 4.84. The van der Waals surface area contributed by atoms with Crippen LogP contribution in [0.15, 0.2) is 0 Å². The van der Waals surface area contributed by atoms with Crippen molar-refractivity contribution in [3.05, 3.63) is 0 Å². The van der Waals surface area contributed by atoms with Crippen molar-refractivity contribution in [3.63, 3.8) is 0 Å². The van der Waals surface area contributed by atoms with Gasteiger partial charge in [0.15, 0.2) is 0 Å². The molecule has 2 fully saturated rings. The zero-order chi connectivity index (χ0) is 16.8. The lowest BCUT2D eigenvalue weighted by atomic mass is 9.65. The van der Waals surface area contributed by atoms with Gasteiger partial charge >= 0.3 is 6.09 Å². The van der Waals surface area contributed by atoms with Crippen molar-refractivity contribution in [1.29, 1.82) is 0 Å². The summed E-state index contributed by atoms with van der Waals surface area (Å²) in [7, 11) is 1.83. The van der Waals surface area contributed by atoms with Crippen LogP contribution in [0.4, 0.5) is 4.79 Å². The molecule has 2 aliphatic rings. The number of hydrogen-bond acceptors (Lipinski definition) is 3. The molecule has 0 aromatic rings. The average molecular weight is 311 g/mol. The summed E-state index contributed by atoms with van der Waals surface area (Å²) in [5.74, 6) is 0.675. The minimum atomic E-state index is -0.455. The Morgan fingerprint density at radius 1 is 1.23 bits per heavy atom. The summed E-state index contributed by atoms with van der Waals surface area (Å²) in [4.78, 5) is 14.0. The van der Waals surface area contributed by atoms with Gasteiger partial charge in [-0.3, -0.25) is 0 Å². The zero-order valence-electron chi connectivity index (χ0n) is 15.4. The summed E-state index contributed by atoms with van der Waals surface area (Å²) in [6.45, 7) is 13.3. The maximum atomic E-state index is 12.3. The van der Waals surface area contributed by atoms with E-state index in [1.807, 2.05) is 27.8 Å². The molecule has 22 heavy (non-hydrogen) atoms. The molecular formula is C18H33NO3. The number of ether oxygens (including phenoxy) is 2. The third-order valence-corrected chi connectivity index (χ3v) is 4.84. The molecule has 1 saturated carbocycles. The highest BCUT2D eigenvalue weighted by atomic mass is 16.6. The van der Waals surface area contributed by atoms with Gasteiger partial charge in [-0.2, -0.15) is 0 Å². The van der Waals surface area contributed by atoms with E-state index in [0.717, 1.165) is 19.3 Å². The van der Waals surface area contributed by atoms with Crippen LogP contribution >= 0.6 is 0 Å². The predicted octanol–water partition coefficient (Wildman–Crippen LogP) is 4.23. The van der Waals surface area contributed by atoms with Gasteiger partial charge in [-0.25, -0.2) is 4.79 Å². The van der Waals surface area contributed by atoms with Gasteiger partial charge in [0.2, 0.25) is 0 Å². The number of hydrogen-bond donors (Lipinski definition) is 0. The molecule has 0 aromatic carbocycles. The van der Waals surface area contributed by atoms with Gasteiger partial charge in [-0.1, -0.05) is 20.8 Å². The van der Waals surface area contributed by atoms with Crippen LogP contribution in [0.5, 0.6) is 0 Å². The molecule has 1 amide bonds. The fraction of sp³-hybridized carbons (Fsp3) is 0.944. The Labute approximate surface area is 135 Å². The summed E-state index contributed by atoms with van der Waals surface area (Å²) in [5, 5.41) is 0. The number of rotatable bonds is 1. The minimum absolute atomic E-state index is 0.0535. The Morgan fingerprint density at radius 2 is 1.86 bits per heavy atom. The van der Waals surface area contributed by atoms with E-state index < -0.39 is 5.60 Å². The lowest BCUT2D eigenvalue weighted by Crippen LogP contribution is -2.44. The summed E-state index contributed by atoms with van der Waals surface area (Å²) < 4.78 is 11.7. The molecule has 1 spiro atoms. The van der Waals surface area contributed by atoms with Crippen LogP contribution in [0.1, 0.15) is 67.2 Å². The maximum absolute atomic E-state index is 12.3. The van der Waals surface area contributed by atoms with E-state index >= 15 is 0 Å². The Hall–Kier alpha value is -0.770. The first-order chi connectivity index (χ1) is 9.91. The molecule has 2 rings (SSSR count). The standard InChI is InChI=1S/C18H33NO3/c1-13-8-17(5,6)12-18(9-13)10-14(11-21-18)19(7)15(20)22-16(2,3)4/h13-14H,8-12H2,1-7H3/t13-,14-,18-/m1/s1. The molecule has 1 saturated heterocycles. The Morgan fingerprint density at radius 3 is 2.41 bits per heavy atom. The highest BCUT2D eigenvalue weighted by Gasteiger charge is 2.49. The first kappa shape index (κ1) is 17.6. The van der Waals surface area contributed by atoms with Gasteiger partial charge in [0.1, 0.15) is 5.60 Å². The Bertz CT molecular complexity index is 427. The predicted molar refractivity (Wildman–Crippen MR) is 87.9 cm³/mol.